The number of rotatable bonds is 7. The van der Waals surface area contributed by atoms with E-state index in [1.54, 1.807) is 0 Å². The lowest BCUT2D eigenvalue weighted by molar-refractivity contribution is 0.0337. The predicted octanol–water partition coefficient (Wildman–Crippen LogP) is 1.82. The summed E-state index contributed by atoms with van der Waals surface area (Å²) >= 11 is 0. The average molecular weight is 366 g/mol. The highest BCUT2D eigenvalue weighted by atomic mass is 19.1. The average Bonchev–Trinajstić information content (AvgIpc) is 2.64. The maximum Gasteiger partial charge on any atom is 0.119 e. The summed E-state index contributed by atoms with van der Waals surface area (Å²) in [5.74, 6) is 0.760. The highest BCUT2D eigenvalue weighted by Crippen LogP contribution is 2.19. The summed E-state index contributed by atoms with van der Waals surface area (Å²) in [6.45, 7) is 4.89. The molecule has 1 atom stereocenters. The summed E-state index contributed by atoms with van der Waals surface area (Å²) < 4.78 is 19.0. The third kappa shape index (κ3) is 6.20. The van der Waals surface area contributed by atoms with Gasteiger partial charge in [-0.1, -0.05) is 12.1 Å². The van der Waals surface area contributed by atoms with Gasteiger partial charge in [0.25, 0.3) is 0 Å². The van der Waals surface area contributed by atoms with Gasteiger partial charge in [0.05, 0.1) is 6.10 Å². The van der Waals surface area contributed by atoms with E-state index >= 15 is 0 Å². The highest BCUT2D eigenvalue weighted by molar-refractivity contribution is 5.28. The van der Waals surface area contributed by atoms with E-state index < -0.39 is 12.3 Å². The maximum absolute atomic E-state index is 13.2. The fourth-order valence-corrected chi connectivity index (χ4v) is 3.70. The Morgan fingerprint density at radius 3 is 2.50 bits per heavy atom. The van der Waals surface area contributed by atoms with Gasteiger partial charge in [0.15, 0.2) is 0 Å². The van der Waals surface area contributed by atoms with Crippen LogP contribution in [-0.4, -0.2) is 77.7 Å². The minimum atomic E-state index is -0.648. The van der Waals surface area contributed by atoms with Crippen LogP contribution < -0.4 is 4.74 Å². The number of piperidine rings is 2. The van der Waals surface area contributed by atoms with Crippen LogP contribution >= 0.6 is 0 Å². The third-order valence-corrected chi connectivity index (χ3v) is 5.29. The third-order valence-electron chi connectivity index (χ3n) is 5.29. The molecule has 1 aromatic rings. The standard InChI is InChI=1S/C20H31FN2O3/c21-17-4-8-22(9-5-17)13-16-2-1-3-20(12-16)26-15-19(25)14-23-10-6-18(24)7-11-23/h1-3,12,17-19,24-25H,4-11,13-15H2/t19-/m0/s1. The summed E-state index contributed by atoms with van der Waals surface area (Å²) in [5.41, 5.74) is 1.15. The Morgan fingerprint density at radius 2 is 1.77 bits per heavy atom. The van der Waals surface area contributed by atoms with Crippen molar-refractivity contribution in [2.75, 3.05) is 39.3 Å². The Labute approximate surface area is 155 Å². The molecule has 6 heteroatoms. The number of hydrogen-bond donors (Lipinski definition) is 2. The van der Waals surface area contributed by atoms with Crippen LogP contribution in [0.5, 0.6) is 5.75 Å². The van der Waals surface area contributed by atoms with Crippen LogP contribution in [0.1, 0.15) is 31.2 Å². The van der Waals surface area contributed by atoms with Crippen LogP contribution in [0.25, 0.3) is 0 Å². The lowest BCUT2D eigenvalue weighted by atomic mass is 10.1. The fraction of sp³-hybridized carbons (Fsp3) is 0.700. The molecular formula is C20H31FN2O3. The van der Waals surface area contributed by atoms with Crippen molar-refractivity contribution in [1.29, 1.82) is 0 Å². The molecule has 5 nitrogen and oxygen atoms in total. The number of aliphatic hydroxyl groups is 2. The zero-order valence-electron chi connectivity index (χ0n) is 15.4. The molecule has 0 amide bonds. The summed E-state index contributed by atoms with van der Waals surface area (Å²) in [4.78, 5) is 4.44. The molecular weight excluding hydrogens is 335 g/mol. The van der Waals surface area contributed by atoms with E-state index in [1.807, 2.05) is 18.2 Å². The van der Waals surface area contributed by atoms with E-state index in [2.05, 4.69) is 15.9 Å². The normalized spacial score (nSPS) is 22.4. The molecule has 0 aromatic heterocycles. The predicted molar refractivity (Wildman–Crippen MR) is 99.0 cm³/mol. The second-order valence-electron chi connectivity index (χ2n) is 7.59. The van der Waals surface area contributed by atoms with Gasteiger partial charge in [0.2, 0.25) is 0 Å². The smallest absolute Gasteiger partial charge is 0.119 e. The van der Waals surface area contributed by atoms with E-state index in [9.17, 15) is 14.6 Å². The SMILES string of the molecule is OC1CCN(C[C@H](O)COc2cccc(CN3CCC(F)CC3)c2)CC1. The van der Waals surface area contributed by atoms with Crippen LogP contribution in [0.4, 0.5) is 4.39 Å². The van der Waals surface area contributed by atoms with Crippen LogP contribution in [0.3, 0.4) is 0 Å². The highest BCUT2D eigenvalue weighted by Gasteiger charge is 2.20. The number of β-amino-alcohol motifs (C(OH)–C–C–N with tert-alkyl or cyclic N) is 1. The lowest BCUT2D eigenvalue weighted by Gasteiger charge is -2.31. The molecule has 2 saturated heterocycles. The quantitative estimate of drug-likeness (QED) is 0.771. The summed E-state index contributed by atoms with van der Waals surface area (Å²) in [6.07, 6.45) is 1.40. The number of ether oxygens (including phenoxy) is 1. The van der Waals surface area contributed by atoms with Crippen molar-refractivity contribution in [3.05, 3.63) is 29.8 Å². The van der Waals surface area contributed by atoms with E-state index in [4.69, 9.17) is 4.74 Å². The molecule has 3 rings (SSSR count). The van der Waals surface area contributed by atoms with Crippen molar-refractivity contribution in [2.24, 2.45) is 0 Å². The second kappa shape index (κ2) is 9.65. The fourth-order valence-electron chi connectivity index (χ4n) is 3.70. The second-order valence-corrected chi connectivity index (χ2v) is 7.59. The van der Waals surface area contributed by atoms with Crippen molar-refractivity contribution in [3.8, 4) is 5.75 Å². The first kappa shape index (κ1) is 19.5. The Morgan fingerprint density at radius 1 is 1.08 bits per heavy atom. The monoisotopic (exact) mass is 366 g/mol. The molecule has 2 aliphatic heterocycles. The first-order valence-corrected chi connectivity index (χ1v) is 9.75. The molecule has 0 spiro atoms. The van der Waals surface area contributed by atoms with Crippen LogP contribution in [0.2, 0.25) is 0 Å². The minimum Gasteiger partial charge on any atom is -0.491 e. The number of hydrogen-bond acceptors (Lipinski definition) is 5. The Kier molecular flexibility index (Phi) is 7.25. The molecule has 2 heterocycles. The minimum absolute atomic E-state index is 0.196. The Hall–Kier alpha value is -1.21. The van der Waals surface area contributed by atoms with E-state index in [0.29, 0.717) is 19.4 Å². The molecule has 0 unspecified atom stereocenters. The first-order chi connectivity index (χ1) is 12.6. The number of nitrogens with zero attached hydrogens (tertiary/aromatic N) is 2. The van der Waals surface area contributed by atoms with Gasteiger partial charge in [-0.05, 0) is 43.4 Å². The number of likely N-dealkylation sites (tertiary alicyclic amines) is 2. The largest absolute Gasteiger partial charge is 0.491 e. The van der Waals surface area contributed by atoms with E-state index in [0.717, 1.165) is 56.9 Å². The van der Waals surface area contributed by atoms with E-state index in [1.165, 1.54) is 0 Å². The summed E-state index contributed by atoms with van der Waals surface area (Å²) in [6, 6.07) is 7.93. The van der Waals surface area contributed by atoms with Gasteiger partial charge in [-0.2, -0.15) is 0 Å². The summed E-state index contributed by atoms with van der Waals surface area (Å²) in [5, 5.41) is 19.7. The van der Waals surface area contributed by atoms with Gasteiger partial charge in [-0.3, -0.25) is 4.90 Å². The van der Waals surface area contributed by atoms with Crippen molar-refractivity contribution < 1.29 is 19.3 Å². The van der Waals surface area contributed by atoms with Gasteiger partial charge < -0.3 is 19.8 Å². The number of benzene rings is 1. The van der Waals surface area contributed by atoms with Crippen molar-refractivity contribution in [1.82, 2.24) is 9.80 Å². The number of aliphatic hydroxyl groups excluding tert-OH is 2. The zero-order valence-corrected chi connectivity index (χ0v) is 15.4. The molecule has 0 radical (unpaired) electrons. The topological polar surface area (TPSA) is 56.2 Å². The van der Waals surface area contributed by atoms with E-state index in [-0.39, 0.29) is 12.7 Å². The molecule has 2 fully saturated rings. The molecule has 0 aliphatic carbocycles. The summed E-state index contributed by atoms with van der Waals surface area (Å²) in [7, 11) is 0. The van der Waals surface area contributed by atoms with Crippen LogP contribution in [0.15, 0.2) is 24.3 Å². The molecule has 1 aromatic carbocycles. The van der Waals surface area contributed by atoms with Gasteiger partial charge in [-0.25, -0.2) is 4.39 Å². The maximum atomic E-state index is 13.2. The number of halogens is 1. The molecule has 0 saturated carbocycles. The van der Waals surface area contributed by atoms with Crippen molar-refractivity contribution >= 4 is 0 Å². The number of alkyl halides is 1. The van der Waals surface area contributed by atoms with Gasteiger partial charge in [0, 0.05) is 39.3 Å². The van der Waals surface area contributed by atoms with Gasteiger partial charge in [-0.15, -0.1) is 0 Å². The Bertz CT molecular complexity index is 544. The molecule has 2 aliphatic rings. The van der Waals surface area contributed by atoms with Gasteiger partial charge in [0.1, 0.15) is 24.6 Å². The molecule has 26 heavy (non-hydrogen) atoms. The van der Waals surface area contributed by atoms with Crippen LogP contribution in [0, 0.1) is 0 Å². The van der Waals surface area contributed by atoms with Gasteiger partial charge >= 0.3 is 0 Å². The lowest BCUT2D eigenvalue weighted by Crippen LogP contribution is -2.41. The first-order valence-electron chi connectivity index (χ1n) is 9.75. The molecule has 0 bridgehead atoms. The molecule has 2 N–H and O–H groups in total. The van der Waals surface area contributed by atoms with Crippen molar-refractivity contribution in [2.45, 2.75) is 50.6 Å². The Balaban J connectivity index is 1.41. The van der Waals surface area contributed by atoms with Crippen molar-refractivity contribution in [3.63, 3.8) is 0 Å². The van der Waals surface area contributed by atoms with Crippen LogP contribution in [-0.2, 0) is 6.54 Å². The molecule has 146 valence electrons. The zero-order chi connectivity index (χ0) is 18.4.